The fourth-order valence-electron chi connectivity index (χ4n) is 2.31. The predicted molar refractivity (Wildman–Crippen MR) is 73.2 cm³/mol. The van der Waals surface area contributed by atoms with Gasteiger partial charge in [-0.2, -0.15) is 0 Å². The van der Waals surface area contributed by atoms with E-state index < -0.39 is 5.97 Å². The van der Waals surface area contributed by atoms with Gasteiger partial charge in [-0.05, 0) is 43.9 Å². The van der Waals surface area contributed by atoms with E-state index in [4.69, 9.17) is 4.74 Å². The van der Waals surface area contributed by atoms with Gasteiger partial charge in [0.1, 0.15) is 11.3 Å². The average Bonchev–Trinajstić information content (AvgIpc) is 2.60. The summed E-state index contributed by atoms with van der Waals surface area (Å²) in [5.74, 6) is -0.461. The second-order valence-electron chi connectivity index (χ2n) is 4.68. The second kappa shape index (κ2) is 6.23. The number of carbonyl (C=O) groups is 1. The lowest BCUT2D eigenvalue weighted by Gasteiger charge is -2.18. The highest BCUT2D eigenvalue weighted by atomic mass is 79.9. The molecule has 0 atom stereocenters. The van der Waals surface area contributed by atoms with E-state index in [1.807, 2.05) is 6.07 Å². The van der Waals surface area contributed by atoms with Crippen molar-refractivity contribution in [2.75, 3.05) is 0 Å². The van der Waals surface area contributed by atoms with Crippen molar-refractivity contribution in [2.45, 2.75) is 44.6 Å². The molecular weight excluding hydrogens is 296 g/mol. The number of halogens is 1. The molecule has 1 saturated carbocycles. The Balaban J connectivity index is 2.14. The Morgan fingerprint density at radius 2 is 1.89 bits per heavy atom. The van der Waals surface area contributed by atoms with Gasteiger partial charge in [-0.15, -0.1) is 0 Å². The largest absolute Gasteiger partial charge is 0.490 e. The van der Waals surface area contributed by atoms with Crippen molar-refractivity contribution in [3.63, 3.8) is 0 Å². The topological polar surface area (TPSA) is 46.5 Å². The van der Waals surface area contributed by atoms with Crippen LogP contribution in [0.25, 0.3) is 0 Å². The molecule has 98 valence electrons. The number of ether oxygens (including phenoxy) is 1. The molecule has 0 radical (unpaired) electrons. The Hall–Kier alpha value is -1.03. The van der Waals surface area contributed by atoms with Crippen LogP contribution >= 0.6 is 15.9 Å². The molecule has 1 N–H and O–H groups in total. The molecule has 18 heavy (non-hydrogen) atoms. The summed E-state index contributed by atoms with van der Waals surface area (Å²) in [5, 5.41) is 9.17. The zero-order valence-electron chi connectivity index (χ0n) is 10.2. The standard InChI is InChI=1S/C14H17BrO3/c15-10-7-8-13(12(9-10)14(16)17)18-11-5-3-1-2-4-6-11/h7-9,11H,1-6H2,(H,16,17). The predicted octanol–water partition coefficient (Wildman–Crippen LogP) is 4.25. The highest BCUT2D eigenvalue weighted by Crippen LogP contribution is 2.27. The number of aromatic carboxylic acids is 1. The smallest absolute Gasteiger partial charge is 0.339 e. The molecule has 0 aliphatic heterocycles. The molecule has 1 aliphatic carbocycles. The van der Waals surface area contributed by atoms with Gasteiger partial charge in [0.2, 0.25) is 0 Å². The van der Waals surface area contributed by atoms with Crippen LogP contribution < -0.4 is 4.74 Å². The lowest BCUT2D eigenvalue weighted by Crippen LogP contribution is -2.17. The highest BCUT2D eigenvalue weighted by molar-refractivity contribution is 9.10. The summed E-state index contributed by atoms with van der Waals surface area (Å²) >= 11 is 3.28. The van der Waals surface area contributed by atoms with E-state index in [0.717, 1.165) is 17.3 Å². The molecule has 0 spiro atoms. The number of rotatable bonds is 3. The second-order valence-corrected chi connectivity index (χ2v) is 5.59. The molecular formula is C14H17BrO3. The lowest BCUT2D eigenvalue weighted by atomic mass is 10.1. The van der Waals surface area contributed by atoms with E-state index in [0.29, 0.717) is 5.75 Å². The quantitative estimate of drug-likeness (QED) is 0.849. The zero-order valence-corrected chi connectivity index (χ0v) is 11.8. The van der Waals surface area contributed by atoms with Gasteiger partial charge >= 0.3 is 5.97 Å². The fourth-order valence-corrected chi connectivity index (χ4v) is 2.67. The Morgan fingerprint density at radius 1 is 1.22 bits per heavy atom. The minimum Gasteiger partial charge on any atom is -0.490 e. The highest BCUT2D eigenvalue weighted by Gasteiger charge is 2.18. The Kier molecular flexibility index (Phi) is 4.64. The van der Waals surface area contributed by atoms with Crippen molar-refractivity contribution in [1.29, 1.82) is 0 Å². The minimum absolute atomic E-state index is 0.159. The number of carboxylic acid groups (broad SMARTS) is 1. The van der Waals surface area contributed by atoms with Crippen LogP contribution in [0.15, 0.2) is 22.7 Å². The van der Waals surface area contributed by atoms with Gasteiger partial charge < -0.3 is 9.84 Å². The van der Waals surface area contributed by atoms with Crippen LogP contribution in [0.2, 0.25) is 0 Å². The Labute approximate surface area is 115 Å². The SMILES string of the molecule is O=C(O)c1cc(Br)ccc1OC1CCCCCC1. The third-order valence-corrected chi connectivity index (χ3v) is 3.76. The molecule has 1 aromatic rings. The summed E-state index contributed by atoms with van der Waals surface area (Å²) in [5.41, 5.74) is 0.230. The van der Waals surface area contributed by atoms with Crippen molar-refractivity contribution in [2.24, 2.45) is 0 Å². The van der Waals surface area contributed by atoms with E-state index >= 15 is 0 Å². The first kappa shape index (κ1) is 13.4. The van der Waals surface area contributed by atoms with Crippen LogP contribution in [-0.4, -0.2) is 17.2 Å². The van der Waals surface area contributed by atoms with E-state index in [1.54, 1.807) is 12.1 Å². The Bertz CT molecular complexity index is 423. The fraction of sp³-hybridized carbons (Fsp3) is 0.500. The third-order valence-electron chi connectivity index (χ3n) is 3.27. The van der Waals surface area contributed by atoms with Crippen molar-refractivity contribution in [3.8, 4) is 5.75 Å². The van der Waals surface area contributed by atoms with Crippen LogP contribution in [0, 0.1) is 0 Å². The molecule has 0 saturated heterocycles. The number of hydrogen-bond donors (Lipinski definition) is 1. The summed E-state index contributed by atoms with van der Waals surface area (Å²) in [6.07, 6.45) is 7.06. The summed E-state index contributed by atoms with van der Waals surface area (Å²) < 4.78 is 6.64. The molecule has 2 rings (SSSR count). The summed E-state index contributed by atoms with van der Waals surface area (Å²) in [6, 6.07) is 5.14. The molecule has 0 bridgehead atoms. The van der Waals surface area contributed by atoms with Crippen LogP contribution in [0.4, 0.5) is 0 Å². The maximum atomic E-state index is 11.2. The van der Waals surface area contributed by atoms with Gasteiger partial charge in [0.25, 0.3) is 0 Å². The molecule has 0 aromatic heterocycles. The van der Waals surface area contributed by atoms with Gasteiger partial charge in [-0.3, -0.25) is 0 Å². The van der Waals surface area contributed by atoms with Crippen molar-refractivity contribution in [3.05, 3.63) is 28.2 Å². The lowest BCUT2D eigenvalue weighted by molar-refractivity contribution is 0.0688. The summed E-state index contributed by atoms with van der Waals surface area (Å²) in [7, 11) is 0. The van der Waals surface area contributed by atoms with Gasteiger partial charge in [-0.1, -0.05) is 28.8 Å². The van der Waals surface area contributed by atoms with Crippen LogP contribution in [0.1, 0.15) is 48.9 Å². The molecule has 0 heterocycles. The average molecular weight is 313 g/mol. The van der Waals surface area contributed by atoms with Crippen LogP contribution in [-0.2, 0) is 0 Å². The molecule has 0 unspecified atom stereocenters. The molecule has 3 nitrogen and oxygen atoms in total. The minimum atomic E-state index is -0.945. The van der Waals surface area contributed by atoms with Crippen molar-refractivity contribution >= 4 is 21.9 Å². The first-order valence-corrected chi connectivity index (χ1v) is 7.15. The van der Waals surface area contributed by atoms with E-state index in [2.05, 4.69) is 15.9 Å². The molecule has 1 aliphatic rings. The van der Waals surface area contributed by atoms with Gasteiger partial charge in [0, 0.05) is 4.47 Å². The van der Waals surface area contributed by atoms with Crippen LogP contribution in [0.3, 0.4) is 0 Å². The third kappa shape index (κ3) is 3.48. The molecule has 0 amide bonds. The van der Waals surface area contributed by atoms with Gasteiger partial charge in [-0.25, -0.2) is 4.79 Å². The Morgan fingerprint density at radius 3 is 2.50 bits per heavy atom. The number of hydrogen-bond acceptors (Lipinski definition) is 2. The maximum absolute atomic E-state index is 11.2. The first-order chi connectivity index (χ1) is 8.66. The summed E-state index contributed by atoms with van der Waals surface area (Å²) in [4.78, 5) is 11.2. The molecule has 1 fully saturated rings. The van der Waals surface area contributed by atoms with Crippen molar-refractivity contribution in [1.82, 2.24) is 0 Å². The van der Waals surface area contributed by atoms with Gasteiger partial charge in [0.05, 0.1) is 6.10 Å². The van der Waals surface area contributed by atoms with Crippen molar-refractivity contribution < 1.29 is 14.6 Å². The number of carboxylic acids is 1. The van der Waals surface area contributed by atoms with E-state index in [-0.39, 0.29) is 11.7 Å². The monoisotopic (exact) mass is 312 g/mol. The van der Waals surface area contributed by atoms with E-state index in [9.17, 15) is 9.90 Å². The summed E-state index contributed by atoms with van der Waals surface area (Å²) in [6.45, 7) is 0. The normalized spacial score (nSPS) is 17.2. The molecule has 4 heteroatoms. The zero-order chi connectivity index (χ0) is 13.0. The molecule has 1 aromatic carbocycles. The first-order valence-electron chi connectivity index (χ1n) is 6.36. The van der Waals surface area contributed by atoms with Gasteiger partial charge in [0.15, 0.2) is 0 Å². The van der Waals surface area contributed by atoms with Crippen LogP contribution in [0.5, 0.6) is 5.75 Å². The van der Waals surface area contributed by atoms with E-state index in [1.165, 1.54) is 25.7 Å². The number of benzene rings is 1. The maximum Gasteiger partial charge on any atom is 0.339 e.